The molecule has 2 aromatic heterocycles. The van der Waals surface area contributed by atoms with E-state index < -0.39 is 0 Å². The highest BCUT2D eigenvalue weighted by atomic mass is 79.9. The van der Waals surface area contributed by atoms with Gasteiger partial charge >= 0.3 is 0 Å². The van der Waals surface area contributed by atoms with Gasteiger partial charge in [-0.1, -0.05) is 41.1 Å². The molecule has 1 N–H and O–H groups in total. The number of hydrogen-bond donors (Lipinski definition) is 1. The van der Waals surface area contributed by atoms with Gasteiger partial charge in [-0.3, -0.25) is 14.3 Å². The summed E-state index contributed by atoms with van der Waals surface area (Å²) in [6, 6.07) is 18.6. The molecule has 1 amide bonds. The predicted molar refractivity (Wildman–Crippen MR) is 117 cm³/mol. The fraction of sp³-hybridized carbons (Fsp3) is 0.136. The number of amides is 1. The Hall–Kier alpha value is -3.19. The van der Waals surface area contributed by atoms with E-state index in [0.29, 0.717) is 22.4 Å². The molecule has 0 saturated heterocycles. The van der Waals surface area contributed by atoms with Crippen molar-refractivity contribution in [2.75, 3.05) is 5.32 Å². The van der Waals surface area contributed by atoms with Crippen molar-refractivity contribution in [1.29, 1.82) is 0 Å². The standard InChI is InChI=1S/C22H19BrN4O2/c1-2-15-8-10-18(11-9-15)27-22(29)19-7-4-12-24-21(19)26(27)14-20(28)25-17-6-3-5-16(23)13-17/h3-13H,2,14H2,1H3,(H,25,28). The molecule has 0 aliphatic rings. The number of fused-ring (bicyclic) bond motifs is 1. The van der Waals surface area contributed by atoms with Crippen molar-refractivity contribution >= 4 is 38.6 Å². The first kappa shape index (κ1) is 19.1. The predicted octanol–water partition coefficient (Wildman–Crippen LogP) is 4.15. The summed E-state index contributed by atoms with van der Waals surface area (Å²) in [4.78, 5) is 30.1. The van der Waals surface area contributed by atoms with Crippen LogP contribution in [0.25, 0.3) is 16.7 Å². The Morgan fingerprint density at radius 2 is 1.90 bits per heavy atom. The van der Waals surface area contributed by atoms with Crippen LogP contribution in [0.4, 0.5) is 5.69 Å². The Morgan fingerprint density at radius 3 is 2.62 bits per heavy atom. The number of benzene rings is 2. The SMILES string of the molecule is CCc1ccc(-n2c(=O)c3cccnc3n2CC(=O)Nc2cccc(Br)c2)cc1. The third-order valence-corrected chi connectivity index (χ3v) is 5.18. The van der Waals surface area contributed by atoms with Gasteiger partial charge in [0.05, 0.1) is 11.1 Å². The van der Waals surface area contributed by atoms with Crippen molar-refractivity contribution in [3.8, 4) is 5.69 Å². The quantitative estimate of drug-likeness (QED) is 0.496. The summed E-state index contributed by atoms with van der Waals surface area (Å²) in [7, 11) is 0. The first-order valence-electron chi connectivity index (χ1n) is 9.28. The van der Waals surface area contributed by atoms with Crippen LogP contribution in [-0.4, -0.2) is 20.3 Å². The topological polar surface area (TPSA) is 68.9 Å². The van der Waals surface area contributed by atoms with Crippen LogP contribution in [0, 0.1) is 0 Å². The molecular formula is C22H19BrN4O2. The number of anilines is 1. The van der Waals surface area contributed by atoms with Crippen molar-refractivity contribution in [3.63, 3.8) is 0 Å². The summed E-state index contributed by atoms with van der Waals surface area (Å²) < 4.78 is 4.00. The number of halogens is 1. The van der Waals surface area contributed by atoms with E-state index in [0.717, 1.165) is 10.9 Å². The molecule has 0 bridgehead atoms. The highest BCUT2D eigenvalue weighted by Gasteiger charge is 2.18. The van der Waals surface area contributed by atoms with Gasteiger partial charge in [0.15, 0.2) is 5.65 Å². The molecule has 4 rings (SSSR count). The number of aromatic nitrogens is 3. The molecule has 0 aliphatic carbocycles. The molecule has 6 nitrogen and oxygen atoms in total. The lowest BCUT2D eigenvalue weighted by Crippen LogP contribution is -2.27. The zero-order valence-electron chi connectivity index (χ0n) is 15.8. The molecule has 7 heteroatoms. The number of nitrogens with zero attached hydrogens (tertiary/aromatic N) is 3. The molecule has 0 spiro atoms. The van der Waals surface area contributed by atoms with E-state index in [1.807, 2.05) is 48.5 Å². The van der Waals surface area contributed by atoms with Crippen LogP contribution in [0.2, 0.25) is 0 Å². The van der Waals surface area contributed by atoms with Crippen LogP contribution >= 0.6 is 15.9 Å². The summed E-state index contributed by atoms with van der Waals surface area (Å²) in [6.45, 7) is 2.03. The fourth-order valence-corrected chi connectivity index (χ4v) is 3.67. The minimum absolute atomic E-state index is 0.0439. The monoisotopic (exact) mass is 450 g/mol. The lowest BCUT2D eigenvalue weighted by molar-refractivity contribution is -0.116. The van der Waals surface area contributed by atoms with Gasteiger partial charge in [0.2, 0.25) is 5.91 Å². The van der Waals surface area contributed by atoms with Gasteiger partial charge in [0.25, 0.3) is 5.56 Å². The van der Waals surface area contributed by atoms with Gasteiger partial charge in [0.1, 0.15) is 6.54 Å². The number of carbonyl (C=O) groups excluding carboxylic acids is 1. The number of nitrogens with one attached hydrogen (secondary N) is 1. The second-order valence-corrected chi connectivity index (χ2v) is 7.54. The largest absolute Gasteiger partial charge is 0.324 e. The second kappa shape index (κ2) is 8.05. The van der Waals surface area contributed by atoms with Gasteiger partial charge in [-0.2, -0.15) is 0 Å². The summed E-state index contributed by atoms with van der Waals surface area (Å²) in [5, 5.41) is 3.34. The molecule has 0 saturated carbocycles. The zero-order valence-corrected chi connectivity index (χ0v) is 17.4. The lowest BCUT2D eigenvalue weighted by Gasteiger charge is -2.13. The number of rotatable bonds is 5. The van der Waals surface area contributed by atoms with E-state index in [1.165, 1.54) is 10.2 Å². The van der Waals surface area contributed by atoms with Crippen molar-refractivity contribution in [2.45, 2.75) is 19.9 Å². The zero-order chi connectivity index (χ0) is 20.4. The van der Waals surface area contributed by atoms with Crippen LogP contribution in [0.15, 0.2) is 76.1 Å². The molecule has 146 valence electrons. The van der Waals surface area contributed by atoms with E-state index in [2.05, 4.69) is 33.2 Å². The second-order valence-electron chi connectivity index (χ2n) is 6.63. The molecule has 0 atom stereocenters. The first-order valence-corrected chi connectivity index (χ1v) is 10.1. The smallest absolute Gasteiger partial charge is 0.280 e. The molecule has 0 fully saturated rings. The van der Waals surface area contributed by atoms with Crippen LogP contribution in [-0.2, 0) is 17.8 Å². The van der Waals surface area contributed by atoms with Gasteiger partial charge in [0, 0.05) is 16.4 Å². The molecule has 0 unspecified atom stereocenters. The highest BCUT2D eigenvalue weighted by Crippen LogP contribution is 2.17. The Balaban J connectivity index is 1.76. The molecule has 2 heterocycles. The fourth-order valence-electron chi connectivity index (χ4n) is 3.27. The molecule has 0 radical (unpaired) electrons. The van der Waals surface area contributed by atoms with Crippen LogP contribution < -0.4 is 10.9 Å². The van der Waals surface area contributed by atoms with Gasteiger partial charge in [-0.05, 0) is 54.4 Å². The summed E-state index contributed by atoms with van der Waals surface area (Å²) >= 11 is 3.40. The number of hydrogen-bond acceptors (Lipinski definition) is 3. The van der Waals surface area contributed by atoms with Gasteiger partial charge in [-0.15, -0.1) is 0 Å². The number of pyridine rings is 1. The van der Waals surface area contributed by atoms with Crippen LogP contribution in [0.5, 0.6) is 0 Å². The van der Waals surface area contributed by atoms with E-state index in [-0.39, 0.29) is 18.0 Å². The highest BCUT2D eigenvalue weighted by molar-refractivity contribution is 9.10. The minimum Gasteiger partial charge on any atom is -0.324 e. The maximum Gasteiger partial charge on any atom is 0.280 e. The minimum atomic E-state index is -0.246. The normalized spacial score (nSPS) is 11.0. The lowest BCUT2D eigenvalue weighted by atomic mass is 10.1. The Morgan fingerprint density at radius 1 is 1.10 bits per heavy atom. The third kappa shape index (κ3) is 3.86. The van der Waals surface area contributed by atoms with E-state index >= 15 is 0 Å². The van der Waals surface area contributed by atoms with E-state index in [4.69, 9.17) is 0 Å². The van der Waals surface area contributed by atoms with Crippen molar-refractivity contribution in [3.05, 3.63) is 87.3 Å². The van der Waals surface area contributed by atoms with Gasteiger partial charge < -0.3 is 5.32 Å². The van der Waals surface area contributed by atoms with E-state index in [1.54, 1.807) is 23.0 Å². The molecule has 29 heavy (non-hydrogen) atoms. The summed E-state index contributed by atoms with van der Waals surface area (Å²) in [6.07, 6.45) is 2.53. The molecule has 2 aromatic carbocycles. The Kier molecular flexibility index (Phi) is 5.31. The molecule has 0 aliphatic heterocycles. The maximum absolute atomic E-state index is 13.1. The average molecular weight is 451 g/mol. The number of aryl methyl sites for hydroxylation is 1. The van der Waals surface area contributed by atoms with Crippen LogP contribution in [0.1, 0.15) is 12.5 Å². The Bertz CT molecular complexity index is 1240. The van der Waals surface area contributed by atoms with Gasteiger partial charge in [-0.25, -0.2) is 9.67 Å². The van der Waals surface area contributed by atoms with Crippen molar-refractivity contribution in [1.82, 2.24) is 14.3 Å². The third-order valence-electron chi connectivity index (χ3n) is 4.69. The average Bonchev–Trinajstić information content (AvgIpc) is 3.00. The van der Waals surface area contributed by atoms with Crippen LogP contribution in [0.3, 0.4) is 0 Å². The summed E-state index contributed by atoms with van der Waals surface area (Å²) in [5.74, 6) is -0.246. The van der Waals surface area contributed by atoms with Crippen molar-refractivity contribution in [2.24, 2.45) is 0 Å². The number of carbonyl (C=O) groups is 1. The molecule has 4 aromatic rings. The van der Waals surface area contributed by atoms with Crippen molar-refractivity contribution < 1.29 is 4.79 Å². The molecular weight excluding hydrogens is 432 g/mol. The Labute approximate surface area is 175 Å². The maximum atomic E-state index is 13.1. The van der Waals surface area contributed by atoms with E-state index in [9.17, 15) is 9.59 Å². The first-order chi connectivity index (χ1) is 14.1. The summed E-state index contributed by atoms with van der Waals surface area (Å²) in [5.41, 5.74) is 2.82.